The maximum absolute atomic E-state index is 12.7. The van der Waals surface area contributed by atoms with Gasteiger partial charge in [0.15, 0.2) is 0 Å². The zero-order valence-corrected chi connectivity index (χ0v) is 15.7. The van der Waals surface area contributed by atoms with Crippen molar-refractivity contribution in [1.82, 2.24) is 0 Å². The maximum atomic E-state index is 12.7. The molecule has 5 heteroatoms. The normalized spacial score (nSPS) is 38.5. The lowest BCUT2D eigenvalue weighted by molar-refractivity contribution is -0.956. The van der Waals surface area contributed by atoms with Crippen molar-refractivity contribution in [3.05, 3.63) is 35.9 Å². The standard InChI is InChI=1S/C21H30NO4/c1-3-4-10-22(2)17-11-15(12-18(22)20-19(17)26-20)25-21(24)16(13-23)14-8-6-5-7-9-14/h5-9,15-20,23H,3-4,10-13H2,1-2H3/q+1/t15?,16?,17?,18?,19-,20+,22?. The summed E-state index contributed by atoms with van der Waals surface area (Å²) in [7, 11) is 2.36. The van der Waals surface area contributed by atoms with Crippen molar-refractivity contribution in [1.29, 1.82) is 0 Å². The fourth-order valence-electron chi connectivity index (χ4n) is 5.23. The summed E-state index contributed by atoms with van der Waals surface area (Å²) in [4.78, 5) is 12.7. The Morgan fingerprint density at radius 3 is 2.50 bits per heavy atom. The first kappa shape index (κ1) is 18.0. The highest BCUT2D eigenvalue weighted by atomic mass is 16.6. The molecule has 3 aliphatic rings. The number of unbranched alkanes of at least 4 members (excludes halogenated alkanes) is 1. The van der Waals surface area contributed by atoms with E-state index in [1.165, 1.54) is 19.4 Å². The molecule has 3 fully saturated rings. The van der Waals surface area contributed by atoms with Gasteiger partial charge in [-0.05, 0) is 12.0 Å². The van der Waals surface area contributed by atoms with Gasteiger partial charge in [0, 0.05) is 12.8 Å². The van der Waals surface area contributed by atoms with Gasteiger partial charge in [-0.2, -0.15) is 0 Å². The lowest BCUT2D eigenvalue weighted by Gasteiger charge is -2.48. The van der Waals surface area contributed by atoms with Crippen molar-refractivity contribution >= 4 is 5.97 Å². The van der Waals surface area contributed by atoms with Crippen LogP contribution >= 0.6 is 0 Å². The van der Waals surface area contributed by atoms with Crippen molar-refractivity contribution < 1.29 is 23.9 Å². The van der Waals surface area contributed by atoms with E-state index >= 15 is 0 Å². The van der Waals surface area contributed by atoms with E-state index in [1.807, 2.05) is 30.3 Å². The van der Waals surface area contributed by atoms with Crippen LogP contribution in [0.2, 0.25) is 0 Å². The van der Waals surface area contributed by atoms with E-state index in [0.29, 0.717) is 24.3 Å². The van der Waals surface area contributed by atoms with Crippen molar-refractivity contribution in [3.8, 4) is 0 Å². The van der Waals surface area contributed by atoms with Gasteiger partial charge in [-0.3, -0.25) is 4.79 Å². The van der Waals surface area contributed by atoms with Crippen LogP contribution in [0.5, 0.6) is 0 Å². The number of morpholine rings is 1. The van der Waals surface area contributed by atoms with Crippen LogP contribution in [0.4, 0.5) is 0 Å². The first-order valence-corrected chi connectivity index (χ1v) is 9.95. The van der Waals surface area contributed by atoms with E-state index in [1.54, 1.807) is 0 Å². The summed E-state index contributed by atoms with van der Waals surface area (Å²) in [6.45, 7) is 3.20. The maximum Gasteiger partial charge on any atom is 0.316 e. The number of carbonyl (C=O) groups is 1. The Balaban J connectivity index is 1.42. The zero-order chi connectivity index (χ0) is 18.3. The second-order valence-electron chi connectivity index (χ2n) is 8.30. The fraction of sp³-hybridized carbons (Fsp3) is 0.667. The van der Waals surface area contributed by atoms with E-state index in [2.05, 4.69) is 14.0 Å². The third-order valence-corrected chi connectivity index (χ3v) is 6.79. The minimum atomic E-state index is -0.595. The van der Waals surface area contributed by atoms with Crippen LogP contribution in [0, 0.1) is 0 Å². The molecule has 5 nitrogen and oxygen atoms in total. The summed E-state index contributed by atoms with van der Waals surface area (Å²) >= 11 is 0. The molecule has 1 N–H and O–H groups in total. The average molecular weight is 360 g/mol. The molecule has 0 aromatic heterocycles. The molecule has 0 saturated carbocycles. The SMILES string of the molecule is CCCC[N+]1(C)C2CC(OC(=O)C(CO)c3ccccc3)CC1[C@@H]1O[C@H]21. The number of fused-ring (bicyclic) bond motifs is 5. The molecule has 0 aliphatic carbocycles. The van der Waals surface area contributed by atoms with Crippen molar-refractivity contribution in [2.45, 2.75) is 68.9 Å². The fourth-order valence-corrected chi connectivity index (χ4v) is 5.23. The number of nitrogens with zero attached hydrogens (tertiary/aromatic N) is 1. The Morgan fingerprint density at radius 2 is 1.92 bits per heavy atom. The number of epoxide rings is 1. The zero-order valence-electron chi connectivity index (χ0n) is 15.7. The van der Waals surface area contributed by atoms with Gasteiger partial charge in [0.25, 0.3) is 0 Å². The number of piperidine rings is 1. The van der Waals surface area contributed by atoms with Gasteiger partial charge in [-0.1, -0.05) is 43.7 Å². The highest BCUT2D eigenvalue weighted by Gasteiger charge is 2.71. The molecular weight excluding hydrogens is 330 g/mol. The third-order valence-electron chi connectivity index (χ3n) is 6.79. The van der Waals surface area contributed by atoms with E-state index in [4.69, 9.17) is 9.47 Å². The van der Waals surface area contributed by atoms with Crippen LogP contribution in [0.25, 0.3) is 0 Å². The second kappa shape index (κ2) is 6.95. The summed E-state index contributed by atoms with van der Waals surface area (Å²) in [5.74, 6) is -0.898. The number of rotatable bonds is 7. The molecule has 2 bridgehead atoms. The smallest absolute Gasteiger partial charge is 0.316 e. The highest BCUT2D eigenvalue weighted by Crippen LogP contribution is 2.52. The molecule has 0 spiro atoms. The number of likely N-dealkylation sites (N-methyl/N-ethyl adjacent to an activating group) is 1. The number of hydrogen-bond donors (Lipinski definition) is 1. The van der Waals surface area contributed by atoms with Gasteiger partial charge < -0.3 is 19.1 Å². The number of carbonyl (C=O) groups excluding carboxylic acids is 1. The number of hydrogen-bond acceptors (Lipinski definition) is 4. The number of quaternary nitrogens is 1. The molecular formula is C21H30NO4+. The molecule has 0 radical (unpaired) electrons. The first-order valence-electron chi connectivity index (χ1n) is 9.95. The topological polar surface area (TPSA) is 59.1 Å². The molecule has 3 saturated heterocycles. The minimum Gasteiger partial charge on any atom is -0.461 e. The van der Waals surface area contributed by atoms with Gasteiger partial charge in [-0.15, -0.1) is 0 Å². The Kier molecular flexibility index (Phi) is 4.80. The molecule has 142 valence electrons. The van der Waals surface area contributed by atoms with Crippen LogP contribution in [0.3, 0.4) is 0 Å². The molecule has 5 unspecified atom stereocenters. The molecule has 7 atom stereocenters. The van der Waals surface area contributed by atoms with Crippen LogP contribution in [-0.2, 0) is 14.3 Å². The Labute approximate surface area is 155 Å². The quantitative estimate of drug-likeness (QED) is 0.460. The Hall–Kier alpha value is -1.43. The number of esters is 1. The number of aliphatic hydroxyl groups excluding tert-OH is 1. The molecule has 4 rings (SSSR count). The number of aliphatic hydroxyl groups is 1. The monoisotopic (exact) mass is 360 g/mol. The number of ether oxygens (including phenoxy) is 2. The van der Waals surface area contributed by atoms with Gasteiger partial charge >= 0.3 is 5.97 Å². The molecule has 3 aliphatic heterocycles. The van der Waals surface area contributed by atoms with Crippen molar-refractivity contribution in [2.75, 3.05) is 20.2 Å². The van der Waals surface area contributed by atoms with Crippen LogP contribution in [-0.4, -0.2) is 66.2 Å². The molecule has 26 heavy (non-hydrogen) atoms. The predicted molar refractivity (Wildman–Crippen MR) is 97.6 cm³/mol. The Bertz CT molecular complexity index is 631. The molecule has 3 heterocycles. The van der Waals surface area contributed by atoms with E-state index in [0.717, 1.165) is 22.9 Å². The number of benzene rings is 1. The lowest BCUT2D eigenvalue weighted by atomic mass is 9.94. The summed E-state index contributed by atoms with van der Waals surface area (Å²) in [5.41, 5.74) is 0.813. The van der Waals surface area contributed by atoms with Gasteiger partial charge in [0.2, 0.25) is 0 Å². The van der Waals surface area contributed by atoms with Crippen LogP contribution < -0.4 is 0 Å². The first-order chi connectivity index (χ1) is 12.6. The van der Waals surface area contributed by atoms with Crippen LogP contribution in [0.1, 0.15) is 44.1 Å². The summed E-state index contributed by atoms with van der Waals surface area (Å²) < 4.78 is 12.9. The Morgan fingerprint density at radius 1 is 1.27 bits per heavy atom. The average Bonchev–Trinajstić information content (AvgIpc) is 3.40. The summed E-state index contributed by atoms with van der Waals surface area (Å²) in [6, 6.07) is 10.3. The van der Waals surface area contributed by atoms with E-state index < -0.39 is 5.92 Å². The lowest BCUT2D eigenvalue weighted by Crippen LogP contribution is -2.62. The molecule has 1 aromatic carbocycles. The second-order valence-corrected chi connectivity index (χ2v) is 8.30. The highest BCUT2D eigenvalue weighted by molar-refractivity contribution is 5.78. The molecule has 1 aromatic rings. The van der Waals surface area contributed by atoms with Gasteiger partial charge in [0.05, 0.1) is 20.2 Å². The van der Waals surface area contributed by atoms with E-state index in [9.17, 15) is 9.90 Å². The summed E-state index contributed by atoms with van der Waals surface area (Å²) in [6.07, 6.45) is 4.83. The summed E-state index contributed by atoms with van der Waals surface area (Å²) in [5, 5.41) is 9.70. The van der Waals surface area contributed by atoms with Gasteiger partial charge in [-0.25, -0.2) is 0 Å². The van der Waals surface area contributed by atoms with Gasteiger partial charge in [0.1, 0.15) is 36.3 Å². The largest absolute Gasteiger partial charge is 0.461 e. The third kappa shape index (κ3) is 2.96. The minimum absolute atomic E-state index is 0.0560. The van der Waals surface area contributed by atoms with Crippen molar-refractivity contribution in [2.24, 2.45) is 0 Å². The predicted octanol–water partition coefficient (Wildman–Crippen LogP) is 2.23. The molecule has 0 amide bonds. The van der Waals surface area contributed by atoms with Crippen LogP contribution in [0.15, 0.2) is 30.3 Å². The van der Waals surface area contributed by atoms with Crippen molar-refractivity contribution in [3.63, 3.8) is 0 Å². The van der Waals surface area contributed by atoms with E-state index in [-0.39, 0.29) is 18.7 Å².